The SMILES string of the molecule is CSc1cccc[n+]1-c1ccc(C(F)(F)F)nc1.[I-]. The van der Waals surface area contributed by atoms with E-state index < -0.39 is 11.9 Å². The van der Waals surface area contributed by atoms with Crippen LogP contribution in [0.25, 0.3) is 5.69 Å². The molecule has 2 aromatic rings. The molecule has 0 bridgehead atoms. The average Bonchev–Trinajstić information content (AvgIpc) is 2.38. The van der Waals surface area contributed by atoms with Crippen LogP contribution in [-0.4, -0.2) is 11.2 Å². The third kappa shape index (κ3) is 3.82. The quantitative estimate of drug-likeness (QED) is 0.406. The molecule has 0 fully saturated rings. The van der Waals surface area contributed by atoms with E-state index in [1.807, 2.05) is 24.5 Å². The molecule has 0 amide bonds. The minimum absolute atomic E-state index is 0. The number of hydrogen-bond donors (Lipinski definition) is 0. The molecule has 2 aromatic heterocycles. The molecule has 0 aromatic carbocycles. The Bertz CT molecular complexity index is 543. The lowest BCUT2D eigenvalue weighted by atomic mass is 10.3. The minimum atomic E-state index is -4.40. The number of aromatic nitrogens is 2. The Morgan fingerprint density at radius 2 is 1.89 bits per heavy atom. The van der Waals surface area contributed by atoms with E-state index in [0.29, 0.717) is 5.69 Å². The lowest BCUT2D eigenvalue weighted by Gasteiger charge is -2.05. The lowest BCUT2D eigenvalue weighted by Crippen LogP contribution is -3.00. The van der Waals surface area contributed by atoms with E-state index in [1.165, 1.54) is 24.0 Å². The van der Waals surface area contributed by atoms with Crippen LogP contribution in [0.2, 0.25) is 0 Å². The van der Waals surface area contributed by atoms with Gasteiger partial charge in [0, 0.05) is 18.2 Å². The predicted octanol–water partition coefficient (Wildman–Crippen LogP) is 0.103. The van der Waals surface area contributed by atoms with Gasteiger partial charge in [-0.05, 0) is 18.4 Å². The number of halogens is 4. The molecule has 0 unspecified atom stereocenters. The molecule has 0 saturated carbocycles. The van der Waals surface area contributed by atoms with Crippen LogP contribution < -0.4 is 28.5 Å². The molecule has 0 aliphatic heterocycles. The van der Waals surface area contributed by atoms with Crippen LogP contribution in [0, 0.1) is 0 Å². The minimum Gasteiger partial charge on any atom is -1.00 e. The van der Waals surface area contributed by atoms with E-state index in [1.54, 1.807) is 10.8 Å². The standard InChI is InChI=1S/C12H10F3N2S.HI/c1-18-11-4-2-3-7-17(11)9-5-6-10(16-8-9)12(13,14)15;/h2-8H,1H3;1H/q+1;/p-1. The molecular weight excluding hydrogens is 388 g/mol. The fraction of sp³-hybridized carbons (Fsp3) is 0.167. The number of thioether (sulfide) groups is 1. The summed E-state index contributed by atoms with van der Waals surface area (Å²) in [5.41, 5.74) is -0.276. The molecular formula is C12H10F3IN2S. The smallest absolute Gasteiger partial charge is 0.433 e. The molecule has 2 rings (SSSR count). The highest BCUT2D eigenvalue weighted by Crippen LogP contribution is 2.27. The van der Waals surface area contributed by atoms with Crippen molar-refractivity contribution in [3.63, 3.8) is 0 Å². The van der Waals surface area contributed by atoms with Gasteiger partial charge < -0.3 is 24.0 Å². The maximum Gasteiger partial charge on any atom is 0.433 e. The molecule has 2 heterocycles. The topological polar surface area (TPSA) is 16.8 Å². The second-order valence-corrected chi connectivity index (χ2v) is 4.34. The fourth-order valence-electron chi connectivity index (χ4n) is 1.50. The van der Waals surface area contributed by atoms with Crippen LogP contribution in [-0.2, 0) is 6.18 Å². The highest BCUT2D eigenvalue weighted by molar-refractivity contribution is 7.98. The van der Waals surface area contributed by atoms with E-state index in [0.717, 1.165) is 11.1 Å². The molecule has 0 spiro atoms. The van der Waals surface area contributed by atoms with E-state index in [9.17, 15) is 13.2 Å². The van der Waals surface area contributed by atoms with Crippen LogP contribution >= 0.6 is 11.8 Å². The first kappa shape index (κ1) is 16.2. The van der Waals surface area contributed by atoms with Crippen LogP contribution in [0.15, 0.2) is 47.8 Å². The second kappa shape index (κ2) is 6.56. The van der Waals surface area contributed by atoms with Gasteiger partial charge in [0.2, 0.25) is 10.7 Å². The maximum absolute atomic E-state index is 12.4. The van der Waals surface area contributed by atoms with Crippen LogP contribution in [0.1, 0.15) is 5.69 Å². The predicted molar refractivity (Wildman–Crippen MR) is 62.6 cm³/mol. The van der Waals surface area contributed by atoms with Crippen molar-refractivity contribution < 1.29 is 41.7 Å². The van der Waals surface area contributed by atoms with Crippen LogP contribution in [0.3, 0.4) is 0 Å². The molecule has 102 valence electrons. The van der Waals surface area contributed by atoms with Gasteiger partial charge in [0.25, 0.3) is 0 Å². The number of alkyl halides is 3. The monoisotopic (exact) mass is 398 g/mol. The van der Waals surface area contributed by atoms with Crippen molar-refractivity contribution in [2.24, 2.45) is 0 Å². The van der Waals surface area contributed by atoms with Gasteiger partial charge in [0.05, 0.1) is 6.20 Å². The molecule has 0 radical (unpaired) electrons. The van der Waals surface area contributed by atoms with Gasteiger partial charge >= 0.3 is 6.18 Å². The number of rotatable bonds is 2. The summed E-state index contributed by atoms with van der Waals surface area (Å²) >= 11 is 1.51. The van der Waals surface area contributed by atoms with E-state index in [2.05, 4.69) is 4.98 Å². The fourth-order valence-corrected chi connectivity index (χ4v) is 2.08. The zero-order chi connectivity index (χ0) is 13.2. The third-order valence-electron chi connectivity index (χ3n) is 2.35. The summed E-state index contributed by atoms with van der Waals surface area (Å²) < 4.78 is 39.0. The second-order valence-electron chi connectivity index (χ2n) is 3.51. The maximum atomic E-state index is 12.4. The first-order valence-corrected chi connectivity index (χ1v) is 6.33. The van der Waals surface area contributed by atoms with Crippen molar-refractivity contribution in [2.45, 2.75) is 11.2 Å². The Morgan fingerprint density at radius 1 is 1.16 bits per heavy atom. The van der Waals surface area contributed by atoms with Gasteiger partial charge in [0.15, 0.2) is 6.20 Å². The summed E-state index contributed by atoms with van der Waals surface area (Å²) in [4.78, 5) is 3.45. The van der Waals surface area contributed by atoms with Gasteiger partial charge in [0.1, 0.15) is 5.69 Å². The molecule has 0 atom stereocenters. The Morgan fingerprint density at radius 3 is 2.42 bits per heavy atom. The van der Waals surface area contributed by atoms with E-state index in [-0.39, 0.29) is 24.0 Å². The molecule has 0 aliphatic carbocycles. The molecule has 0 saturated heterocycles. The largest absolute Gasteiger partial charge is 1.00 e. The van der Waals surface area contributed by atoms with Crippen molar-refractivity contribution in [3.05, 3.63) is 48.4 Å². The highest BCUT2D eigenvalue weighted by atomic mass is 127. The van der Waals surface area contributed by atoms with Crippen molar-refractivity contribution in [3.8, 4) is 5.69 Å². The van der Waals surface area contributed by atoms with Gasteiger partial charge in [-0.1, -0.05) is 11.8 Å². The molecule has 2 nitrogen and oxygen atoms in total. The lowest BCUT2D eigenvalue weighted by molar-refractivity contribution is -0.636. The molecule has 7 heteroatoms. The van der Waals surface area contributed by atoms with Crippen molar-refractivity contribution >= 4 is 11.8 Å². The summed E-state index contributed by atoms with van der Waals surface area (Å²) in [5, 5.41) is 0.930. The van der Waals surface area contributed by atoms with Crippen molar-refractivity contribution in [1.82, 2.24) is 4.98 Å². The molecule has 19 heavy (non-hydrogen) atoms. The number of hydrogen-bond acceptors (Lipinski definition) is 2. The third-order valence-corrected chi connectivity index (χ3v) is 3.10. The van der Waals surface area contributed by atoms with Gasteiger partial charge in [-0.15, -0.1) is 0 Å². The first-order valence-electron chi connectivity index (χ1n) is 5.10. The summed E-state index contributed by atoms with van der Waals surface area (Å²) in [6, 6.07) is 7.98. The van der Waals surface area contributed by atoms with Gasteiger partial charge in [-0.3, -0.25) is 0 Å². The molecule has 0 N–H and O–H groups in total. The van der Waals surface area contributed by atoms with Crippen LogP contribution in [0.4, 0.5) is 13.2 Å². The van der Waals surface area contributed by atoms with Crippen molar-refractivity contribution in [1.29, 1.82) is 0 Å². The van der Waals surface area contributed by atoms with Gasteiger partial charge in [-0.25, -0.2) is 4.98 Å². The summed E-state index contributed by atoms with van der Waals surface area (Å²) in [6.07, 6.45) is 0.518. The summed E-state index contributed by atoms with van der Waals surface area (Å²) in [7, 11) is 0. The number of nitrogens with zero attached hydrogens (tertiary/aromatic N) is 2. The Kier molecular flexibility index (Phi) is 5.60. The normalized spacial score (nSPS) is 10.9. The highest BCUT2D eigenvalue weighted by Gasteiger charge is 2.32. The van der Waals surface area contributed by atoms with Gasteiger partial charge in [-0.2, -0.15) is 17.7 Å². The average molecular weight is 398 g/mol. The van der Waals surface area contributed by atoms with Crippen LogP contribution in [0.5, 0.6) is 0 Å². The zero-order valence-corrected chi connectivity index (χ0v) is 12.8. The Labute approximate surface area is 130 Å². The first-order chi connectivity index (χ1) is 8.52. The Hall–Kier alpha value is -0.830. The number of pyridine rings is 2. The summed E-state index contributed by atoms with van der Waals surface area (Å²) in [6.45, 7) is 0. The Balaban J connectivity index is 0.00000180. The molecule has 0 aliphatic rings. The zero-order valence-electron chi connectivity index (χ0n) is 9.86. The summed E-state index contributed by atoms with van der Waals surface area (Å²) in [5.74, 6) is 0. The van der Waals surface area contributed by atoms with E-state index >= 15 is 0 Å². The van der Waals surface area contributed by atoms with E-state index in [4.69, 9.17) is 0 Å². The van der Waals surface area contributed by atoms with Crippen molar-refractivity contribution in [2.75, 3.05) is 6.26 Å².